The molecule has 0 unspecified atom stereocenters. The molecule has 0 aromatic heterocycles. The Morgan fingerprint density at radius 2 is 2.36 bits per heavy atom. The molecule has 0 radical (unpaired) electrons. The van der Waals surface area contributed by atoms with Crippen molar-refractivity contribution < 1.29 is 0 Å². The van der Waals surface area contributed by atoms with Crippen molar-refractivity contribution in [2.45, 2.75) is 6.42 Å². The largest absolute Gasteiger partial charge is 0.300 e. The van der Waals surface area contributed by atoms with Crippen LogP contribution in [0.4, 0.5) is 0 Å². The van der Waals surface area contributed by atoms with Crippen LogP contribution in [0, 0.1) is 11.3 Å². The predicted molar refractivity (Wildman–Crippen MR) is 47.5 cm³/mol. The summed E-state index contributed by atoms with van der Waals surface area (Å²) in [5, 5.41) is 8.85. The fourth-order valence-corrected chi connectivity index (χ4v) is 0.885. The number of nitriles is 1. The summed E-state index contributed by atoms with van der Waals surface area (Å²) < 4.78 is 0. The number of hydrogen-bond acceptors (Lipinski definition) is 2. The fourth-order valence-electron chi connectivity index (χ4n) is 0.612. The van der Waals surface area contributed by atoms with E-state index in [0.29, 0.717) is 18.0 Å². The van der Waals surface area contributed by atoms with Crippen LogP contribution < -0.4 is 0 Å². The van der Waals surface area contributed by atoms with Crippen molar-refractivity contribution >= 4 is 23.2 Å². The fraction of sp³-hybridized carbons (Fsp3) is 0.571. The van der Waals surface area contributed by atoms with Gasteiger partial charge in [-0.3, -0.25) is 0 Å². The topological polar surface area (TPSA) is 27.0 Å². The molecule has 0 aliphatic heterocycles. The van der Waals surface area contributed by atoms with E-state index in [2.05, 4.69) is 6.07 Å². The zero-order valence-corrected chi connectivity index (χ0v) is 7.86. The number of hydrogen-bond donors (Lipinski definition) is 0. The standard InChI is InChI=1S/C7H10Cl2N2/c1-11(4-2-3-10)6-7(9)5-8/h5H,2,4,6H2,1H3/b7-5-. The van der Waals surface area contributed by atoms with E-state index in [1.54, 1.807) is 0 Å². The second kappa shape index (κ2) is 6.48. The van der Waals surface area contributed by atoms with Crippen LogP contribution in [0.1, 0.15) is 6.42 Å². The van der Waals surface area contributed by atoms with Gasteiger partial charge in [0.1, 0.15) is 0 Å². The van der Waals surface area contributed by atoms with Crippen LogP contribution in [-0.4, -0.2) is 25.0 Å². The third kappa shape index (κ3) is 6.18. The van der Waals surface area contributed by atoms with E-state index >= 15 is 0 Å². The number of nitrogens with zero attached hydrogens (tertiary/aromatic N) is 2. The van der Waals surface area contributed by atoms with Gasteiger partial charge in [-0.15, -0.1) is 0 Å². The Balaban J connectivity index is 3.53. The minimum atomic E-state index is 0.517. The van der Waals surface area contributed by atoms with Gasteiger partial charge < -0.3 is 4.90 Å². The summed E-state index contributed by atoms with van der Waals surface area (Å²) in [6.07, 6.45) is 0.517. The molecule has 0 aliphatic rings. The maximum absolute atomic E-state index is 8.26. The lowest BCUT2D eigenvalue weighted by molar-refractivity contribution is 0.377. The highest BCUT2D eigenvalue weighted by molar-refractivity contribution is 6.36. The Morgan fingerprint density at radius 3 is 2.82 bits per heavy atom. The highest BCUT2D eigenvalue weighted by Crippen LogP contribution is 2.04. The van der Waals surface area contributed by atoms with Crippen molar-refractivity contribution in [2.75, 3.05) is 20.1 Å². The van der Waals surface area contributed by atoms with Crippen LogP contribution >= 0.6 is 23.2 Å². The molecule has 0 saturated heterocycles. The summed E-state index contributed by atoms with van der Waals surface area (Å²) in [4.78, 5) is 1.93. The minimum Gasteiger partial charge on any atom is -0.300 e. The first kappa shape index (κ1) is 10.8. The zero-order valence-electron chi connectivity index (χ0n) is 6.35. The van der Waals surface area contributed by atoms with Crippen molar-refractivity contribution in [1.29, 1.82) is 5.26 Å². The average molecular weight is 193 g/mol. The van der Waals surface area contributed by atoms with E-state index in [-0.39, 0.29) is 0 Å². The van der Waals surface area contributed by atoms with Gasteiger partial charge in [0.15, 0.2) is 0 Å². The molecule has 0 spiro atoms. The molecule has 0 aromatic carbocycles. The molecule has 0 aromatic rings. The van der Waals surface area contributed by atoms with Gasteiger partial charge in [0.05, 0.1) is 6.07 Å². The van der Waals surface area contributed by atoms with E-state index in [1.165, 1.54) is 5.54 Å². The molecule has 0 bridgehead atoms. The van der Waals surface area contributed by atoms with Gasteiger partial charge in [-0.05, 0) is 7.05 Å². The molecule has 11 heavy (non-hydrogen) atoms. The van der Waals surface area contributed by atoms with Crippen LogP contribution in [0.3, 0.4) is 0 Å². The molecule has 0 N–H and O–H groups in total. The van der Waals surface area contributed by atoms with Crippen molar-refractivity contribution in [3.05, 3.63) is 10.6 Å². The Morgan fingerprint density at radius 1 is 1.73 bits per heavy atom. The molecule has 0 amide bonds. The molecule has 0 heterocycles. The molecule has 0 aliphatic carbocycles. The van der Waals surface area contributed by atoms with Crippen LogP contribution in [0.5, 0.6) is 0 Å². The van der Waals surface area contributed by atoms with Gasteiger partial charge >= 0.3 is 0 Å². The lowest BCUT2D eigenvalue weighted by atomic mass is 10.4. The Bertz CT molecular complexity index is 172. The average Bonchev–Trinajstić information content (AvgIpc) is 2.00. The van der Waals surface area contributed by atoms with E-state index in [9.17, 15) is 0 Å². The van der Waals surface area contributed by atoms with Gasteiger partial charge in [0, 0.05) is 30.1 Å². The quantitative estimate of drug-likeness (QED) is 0.683. The van der Waals surface area contributed by atoms with Gasteiger partial charge in [0.25, 0.3) is 0 Å². The van der Waals surface area contributed by atoms with Crippen LogP contribution in [0.2, 0.25) is 0 Å². The van der Waals surface area contributed by atoms with E-state index < -0.39 is 0 Å². The predicted octanol–water partition coefficient (Wildman–Crippen LogP) is 2.15. The highest BCUT2D eigenvalue weighted by atomic mass is 35.5. The molecular weight excluding hydrogens is 183 g/mol. The molecule has 4 heteroatoms. The monoisotopic (exact) mass is 192 g/mol. The molecule has 0 atom stereocenters. The first-order valence-electron chi connectivity index (χ1n) is 3.21. The van der Waals surface area contributed by atoms with Crippen molar-refractivity contribution in [3.63, 3.8) is 0 Å². The lowest BCUT2D eigenvalue weighted by Crippen LogP contribution is -2.20. The van der Waals surface area contributed by atoms with Gasteiger partial charge in [-0.25, -0.2) is 0 Å². The Kier molecular flexibility index (Phi) is 6.34. The van der Waals surface area contributed by atoms with Crippen LogP contribution in [0.15, 0.2) is 10.6 Å². The second-order valence-electron chi connectivity index (χ2n) is 2.20. The molecular formula is C7H10Cl2N2. The summed E-state index contributed by atoms with van der Waals surface area (Å²) >= 11 is 11.0. The molecule has 62 valence electrons. The third-order valence-electron chi connectivity index (χ3n) is 1.14. The van der Waals surface area contributed by atoms with Crippen LogP contribution in [-0.2, 0) is 0 Å². The van der Waals surface area contributed by atoms with Gasteiger partial charge in [-0.1, -0.05) is 23.2 Å². The summed E-state index contributed by atoms with van der Waals surface area (Å²) in [7, 11) is 1.89. The second-order valence-corrected chi connectivity index (χ2v) is 2.91. The van der Waals surface area contributed by atoms with E-state index in [1.807, 2.05) is 11.9 Å². The van der Waals surface area contributed by atoms with Gasteiger partial charge in [0.2, 0.25) is 0 Å². The highest BCUT2D eigenvalue weighted by Gasteiger charge is 1.98. The number of halogens is 2. The first-order valence-corrected chi connectivity index (χ1v) is 4.02. The third-order valence-corrected chi connectivity index (χ3v) is 1.75. The number of rotatable bonds is 4. The normalized spacial score (nSPS) is 11.7. The smallest absolute Gasteiger partial charge is 0.0635 e. The lowest BCUT2D eigenvalue weighted by Gasteiger charge is -2.12. The van der Waals surface area contributed by atoms with Crippen LogP contribution in [0.25, 0.3) is 0 Å². The van der Waals surface area contributed by atoms with Gasteiger partial charge in [-0.2, -0.15) is 5.26 Å². The van der Waals surface area contributed by atoms with E-state index in [4.69, 9.17) is 28.5 Å². The maximum Gasteiger partial charge on any atom is 0.0635 e. The Labute approximate surface area is 77.0 Å². The number of likely N-dealkylation sites (N-methyl/N-ethyl adjacent to an activating group) is 1. The molecule has 2 nitrogen and oxygen atoms in total. The SMILES string of the molecule is CN(CCC#N)C/C(Cl)=C/Cl. The summed E-state index contributed by atoms with van der Waals surface area (Å²) in [5.74, 6) is 0. The Hall–Kier alpha value is -0.230. The van der Waals surface area contributed by atoms with Crippen molar-refractivity contribution in [3.8, 4) is 6.07 Å². The summed E-state index contributed by atoms with van der Waals surface area (Å²) in [6.45, 7) is 1.32. The summed E-state index contributed by atoms with van der Waals surface area (Å²) in [5.41, 5.74) is 1.34. The maximum atomic E-state index is 8.26. The van der Waals surface area contributed by atoms with E-state index in [0.717, 1.165) is 6.54 Å². The zero-order chi connectivity index (χ0) is 8.69. The molecule has 0 saturated carbocycles. The first-order chi connectivity index (χ1) is 5.20. The van der Waals surface area contributed by atoms with Crippen molar-refractivity contribution in [1.82, 2.24) is 4.90 Å². The molecule has 0 rings (SSSR count). The minimum absolute atomic E-state index is 0.517. The summed E-state index contributed by atoms with van der Waals surface area (Å²) in [6, 6.07) is 2.05. The molecule has 0 fully saturated rings. The van der Waals surface area contributed by atoms with Crippen molar-refractivity contribution in [2.24, 2.45) is 0 Å².